The first-order valence-corrected chi connectivity index (χ1v) is 45.0. The minimum atomic E-state index is -4.93. The van der Waals surface area contributed by atoms with E-state index in [1.165, 1.54) is 46.2 Å². The van der Waals surface area contributed by atoms with E-state index >= 15 is 0 Å². The first-order valence-electron chi connectivity index (χ1n) is 45.0. The summed E-state index contributed by atoms with van der Waals surface area (Å²) in [7, 11) is 6.72. The van der Waals surface area contributed by atoms with Crippen molar-refractivity contribution in [2.45, 2.75) is 257 Å². The molecule has 4 aromatic carbocycles. The van der Waals surface area contributed by atoms with Gasteiger partial charge in [0.05, 0.1) is 78.3 Å². The molecule has 0 radical (unpaired) electrons. The number of benzene rings is 4. The van der Waals surface area contributed by atoms with Crippen LogP contribution in [0.25, 0.3) is 0 Å². The lowest BCUT2D eigenvalue weighted by atomic mass is 9.78. The molecule has 4 saturated heterocycles. The maximum Gasteiger partial charge on any atom is 0.456 e. The third kappa shape index (κ3) is 20.0. The SMILES string of the molecule is CC(=O)c1ccc2n1CC(C)(C)NC21CCN(C(=O)c2ccc(OC(C)C)c(C(F)(F)F)c2)CC1.COc1cc(C(=O)N2CC[C@@]3(C[C@@H]2C)c2ccc(C(F)(F)F)n2CCN3C)ccc1OC(C)C.COc1ccc(C(=O)N2CCC3(CC2)NC(C)(C)Cn2c(C(=O)C(F)(F)F)ccc23)cc1C.COc1ccc(C(=O)N2CCC3(CC2)NC(C)(C)Cn2c(C(C)=O)ccc23)cc1C.[HH].[HH].[HH]. The number of aromatic nitrogens is 4. The first-order chi connectivity index (χ1) is 61.7. The fraction of sp³-hybridized carbons (Fsp3) is 0.525. The van der Waals surface area contributed by atoms with Crippen LogP contribution in [0.4, 0.5) is 39.5 Å². The van der Waals surface area contributed by atoms with E-state index in [9.17, 15) is 73.1 Å². The normalized spacial score (nSPS) is 20.3. The zero-order valence-electron chi connectivity index (χ0n) is 78.7. The molecule has 0 aliphatic carbocycles. The Balaban J connectivity index is 0.000000185. The third-order valence-electron chi connectivity index (χ3n) is 27.0. The molecule has 2 atom stereocenters. The highest BCUT2D eigenvalue weighted by molar-refractivity contribution is 6.00. The van der Waals surface area contributed by atoms with Gasteiger partial charge in [-0.25, -0.2) is 0 Å². The van der Waals surface area contributed by atoms with Gasteiger partial charge < -0.3 is 61.6 Å². The largest absolute Gasteiger partial charge is 0.496 e. The molecule has 4 amide bonds. The number of Topliss-reactive ketones (excluding diaryl/α,β-unsaturated/α-hetero) is 3. The molecule has 8 aliphatic rings. The lowest BCUT2D eigenvalue weighted by Gasteiger charge is -2.53. The molecule has 12 heterocycles. The maximum atomic E-state index is 13.7. The van der Waals surface area contributed by atoms with Crippen LogP contribution in [0.3, 0.4) is 0 Å². The predicted molar refractivity (Wildman–Crippen MR) is 487 cm³/mol. The predicted octanol–water partition coefficient (Wildman–Crippen LogP) is 18.1. The molecular weight excluding hydrogens is 1720 g/mol. The molecule has 3 N–H and O–H groups in total. The molecule has 0 unspecified atom stereocenters. The van der Waals surface area contributed by atoms with Crippen molar-refractivity contribution < 1.29 is 101 Å². The Morgan fingerprint density at radius 1 is 0.409 bits per heavy atom. The number of likely N-dealkylation sites (N-methyl/N-ethyl adjacent to an activating group) is 1. The van der Waals surface area contributed by atoms with E-state index in [4.69, 9.17) is 23.7 Å². The van der Waals surface area contributed by atoms with Crippen molar-refractivity contribution >= 4 is 41.0 Å². The topological polar surface area (TPSA) is 238 Å². The minimum absolute atomic E-state index is 0. The number of carbonyl (C=O) groups is 7. The molecule has 4 spiro atoms. The number of amides is 4. The van der Waals surface area contributed by atoms with Crippen molar-refractivity contribution in [2.24, 2.45) is 0 Å². The minimum Gasteiger partial charge on any atom is -0.496 e. The number of methoxy groups -OCH3 is 3. The average Bonchev–Trinajstić information content (AvgIpc) is 1.67. The number of rotatable bonds is 14. The maximum absolute atomic E-state index is 13.7. The highest BCUT2D eigenvalue weighted by Crippen LogP contribution is 2.49. The van der Waals surface area contributed by atoms with Crippen molar-refractivity contribution in [2.75, 3.05) is 80.7 Å². The number of aryl methyl sites for hydroxylation is 2. The summed E-state index contributed by atoms with van der Waals surface area (Å²) in [5, 5.41) is 11.2. The summed E-state index contributed by atoms with van der Waals surface area (Å²) in [6.45, 7) is 34.4. The van der Waals surface area contributed by atoms with Crippen molar-refractivity contribution in [1.82, 2.24) is 58.7 Å². The lowest BCUT2D eigenvalue weighted by Crippen LogP contribution is -2.63. The van der Waals surface area contributed by atoms with Gasteiger partial charge in [0, 0.05) is 164 Å². The number of carbonyl (C=O) groups excluding carboxylic acids is 7. The van der Waals surface area contributed by atoms with Gasteiger partial charge in [-0.15, -0.1) is 0 Å². The van der Waals surface area contributed by atoms with Crippen LogP contribution >= 0.6 is 0 Å². The molecule has 4 aromatic heterocycles. The monoisotopic (exact) mass is 1850 g/mol. The Hall–Kier alpha value is -10.9. The van der Waals surface area contributed by atoms with E-state index in [0.717, 1.165) is 53.7 Å². The molecular formula is C99H129F9N12O12. The van der Waals surface area contributed by atoms with Crippen LogP contribution in [0.5, 0.6) is 28.7 Å². The molecule has 132 heavy (non-hydrogen) atoms. The molecule has 4 fully saturated rings. The summed E-state index contributed by atoms with van der Waals surface area (Å²) in [5.41, 5.74) is 3.96. The van der Waals surface area contributed by atoms with Crippen molar-refractivity contribution in [3.8, 4) is 28.7 Å². The smallest absolute Gasteiger partial charge is 0.456 e. The van der Waals surface area contributed by atoms with Gasteiger partial charge in [-0.1, -0.05) is 0 Å². The Bertz CT molecular complexity index is 5690. The number of alkyl halides is 9. The highest BCUT2D eigenvalue weighted by Gasteiger charge is 2.54. The van der Waals surface area contributed by atoms with Crippen LogP contribution in [0.15, 0.2) is 121 Å². The molecule has 24 nitrogen and oxygen atoms in total. The van der Waals surface area contributed by atoms with Crippen LogP contribution in [-0.4, -0.2) is 206 Å². The van der Waals surface area contributed by atoms with Gasteiger partial charge in [0.2, 0.25) is 0 Å². The number of piperidine rings is 4. The van der Waals surface area contributed by atoms with Crippen LogP contribution in [0, 0.1) is 13.8 Å². The van der Waals surface area contributed by atoms with E-state index in [2.05, 4.69) is 63.7 Å². The Morgan fingerprint density at radius 3 is 1.14 bits per heavy atom. The quantitative estimate of drug-likeness (QED) is 0.0678. The van der Waals surface area contributed by atoms with Crippen molar-refractivity contribution in [3.63, 3.8) is 0 Å². The fourth-order valence-electron chi connectivity index (χ4n) is 21.2. The summed E-state index contributed by atoms with van der Waals surface area (Å²) >= 11 is 0. The van der Waals surface area contributed by atoms with Gasteiger partial charge >= 0.3 is 18.5 Å². The van der Waals surface area contributed by atoms with E-state index in [1.54, 1.807) is 100 Å². The van der Waals surface area contributed by atoms with E-state index < -0.39 is 69.7 Å². The fourth-order valence-corrected chi connectivity index (χ4v) is 21.2. The summed E-state index contributed by atoms with van der Waals surface area (Å²) in [6.07, 6.45) is -9.42. The van der Waals surface area contributed by atoms with Crippen molar-refractivity contribution in [1.29, 1.82) is 0 Å². The standard InChI is InChI=1S/C26H32F3N3O3.C25H32F3N3O3.C24H28F3N3O3.C24H31N3O3.3H2/c1-16(2)35-21-8-6-18(14-19(21)26(27,28)29)23(34)31-12-10-25(11-13-31)22-9-7-20(17(3)33)32(22)15-24(4,5)30-25;1-16(2)34-19-7-6-18(14-20(19)33-5)23(32)30-11-10-24(15-17(30)3)21-8-9-22(25(26,27)28)31(21)13-12-29(24)4;1-15-13-16(5-7-18(15)33-4)21(32)29-11-9-23(10-12-29)19-8-6-17(20(31)24(25,26)27)30(19)14-22(2,3)28-23;1-16-14-18(6-8-20(16)30-5)22(29)26-12-10-24(11-13-26)21-9-7-19(17(2)28)27(21)15-23(3,4)25-24;;;/h6-9,14,16,30H,10-13,15H2,1-5H3;6-9,14,16-17H,10-13,15H2,1-5H3;5-8,13,28H,9-12,14H2,1-4H3;6-9,14,25H,10-13,15H2,1-5H3;3*1H/t;17-,24+;;;;;/m.0...../s1. The van der Waals surface area contributed by atoms with Crippen LogP contribution in [0.2, 0.25) is 0 Å². The second kappa shape index (κ2) is 37.2. The van der Waals surface area contributed by atoms with Crippen molar-refractivity contribution in [3.05, 3.63) is 206 Å². The third-order valence-corrected chi connectivity index (χ3v) is 27.0. The molecule has 8 aromatic rings. The summed E-state index contributed by atoms with van der Waals surface area (Å²) in [6, 6.07) is 32.9. The molecule has 0 saturated carbocycles. The lowest BCUT2D eigenvalue weighted by molar-refractivity contribution is -0.145. The molecule has 720 valence electrons. The molecule has 8 aliphatic heterocycles. The van der Waals surface area contributed by atoms with E-state index in [-0.39, 0.29) is 85.9 Å². The summed E-state index contributed by atoms with van der Waals surface area (Å²) in [4.78, 5) is 98.4. The second-order valence-corrected chi connectivity index (χ2v) is 38.9. The number of likely N-dealkylation sites (tertiary alicyclic amines) is 4. The average molecular weight is 1850 g/mol. The van der Waals surface area contributed by atoms with Gasteiger partial charge in [0.1, 0.15) is 22.9 Å². The Kier molecular flexibility index (Phi) is 27.8. The Labute approximate surface area is 769 Å². The van der Waals surface area contributed by atoms with E-state index in [1.807, 2.05) is 102 Å². The second-order valence-electron chi connectivity index (χ2n) is 38.9. The first kappa shape index (κ1) is 98.6. The molecule has 33 heteroatoms. The van der Waals surface area contributed by atoms with Gasteiger partial charge in [-0.05, 0) is 281 Å². The summed E-state index contributed by atoms with van der Waals surface area (Å²) in [5.74, 6) is -0.0324. The molecule has 16 rings (SSSR count). The number of nitrogens with zero attached hydrogens (tertiary/aromatic N) is 9. The van der Waals surface area contributed by atoms with Gasteiger partial charge in [0.25, 0.3) is 29.4 Å². The van der Waals surface area contributed by atoms with Gasteiger partial charge in [0.15, 0.2) is 23.1 Å². The van der Waals surface area contributed by atoms with Crippen LogP contribution in [0.1, 0.15) is 264 Å². The zero-order chi connectivity index (χ0) is 96.5. The molecule has 0 bridgehead atoms. The Morgan fingerprint density at radius 2 is 0.773 bits per heavy atom. The number of hydrogen-bond acceptors (Lipinski definition) is 16. The number of ketones is 3. The van der Waals surface area contributed by atoms with E-state index in [0.29, 0.717) is 155 Å². The van der Waals surface area contributed by atoms with Crippen LogP contribution < -0.4 is 39.6 Å². The number of halogens is 9. The van der Waals surface area contributed by atoms with Gasteiger partial charge in [-0.2, -0.15) is 39.5 Å². The zero-order valence-corrected chi connectivity index (χ0v) is 78.7. The number of ether oxygens (including phenoxy) is 5. The summed E-state index contributed by atoms with van der Waals surface area (Å²) < 4.78 is 155. The number of hydrogen-bond donors (Lipinski definition) is 3. The number of nitrogens with one attached hydrogen (secondary N) is 3. The number of fused-ring (bicyclic) bond motifs is 8. The highest BCUT2D eigenvalue weighted by atomic mass is 19.4. The van der Waals surface area contributed by atoms with Gasteiger partial charge in [-0.3, -0.25) is 54.4 Å². The van der Waals surface area contributed by atoms with Crippen LogP contribution in [-0.2, 0) is 60.7 Å².